The number of benzene rings is 1. The summed E-state index contributed by atoms with van der Waals surface area (Å²) in [5.41, 5.74) is 3.39. The van der Waals surface area contributed by atoms with Crippen molar-refractivity contribution in [3.63, 3.8) is 0 Å². The average molecular weight is 483 g/mol. The van der Waals surface area contributed by atoms with E-state index in [1.165, 1.54) is 18.9 Å². The van der Waals surface area contributed by atoms with Crippen LogP contribution in [0.15, 0.2) is 23.8 Å². The van der Waals surface area contributed by atoms with Crippen LogP contribution in [-0.2, 0) is 19.2 Å². The molecule has 1 aromatic carbocycles. The molecule has 0 saturated heterocycles. The van der Waals surface area contributed by atoms with Crippen LogP contribution in [-0.4, -0.2) is 54.4 Å². The van der Waals surface area contributed by atoms with E-state index < -0.39 is 6.04 Å². The first kappa shape index (κ1) is 26.1. The summed E-state index contributed by atoms with van der Waals surface area (Å²) in [6, 6.07) is 4.56. The molecule has 1 atom stereocenters. The Morgan fingerprint density at radius 1 is 1.14 bits per heavy atom. The lowest BCUT2D eigenvalue weighted by Crippen LogP contribution is -2.46. The summed E-state index contributed by atoms with van der Waals surface area (Å²) in [5, 5.41) is 8.24. The number of likely N-dealkylation sites (N-methyl/N-ethyl adjacent to an activating group) is 1. The van der Waals surface area contributed by atoms with Crippen LogP contribution in [0.2, 0.25) is 0 Å². The molecule has 9 heteroatoms. The minimum absolute atomic E-state index is 0.0690. The van der Waals surface area contributed by atoms with E-state index in [1.54, 1.807) is 12.1 Å². The SMILES string of the molecule is CNC(=O)C(CCC=O)N1C(=O)c2c(NC(=O)CCCCCNC(C)=O)cccc2C1=C1CCC1. The first-order valence-corrected chi connectivity index (χ1v) is 12.3. The van der Waals surface area contributed by atoms with Crippen molar-refractivity contribution in [1.82, 2.24) is 15.5 Å². The number of aldehydes is 1. The van der Waals surface area contributed by atoms with Gasteiger partial charge in [0, 0.05) is 38.9 Å². The molecule has 9 nitrogen and oxygen atoms in total. The van der Waals surface area contributed by atoms with Gasteiger partial charge in [-0.2, -0.15) is 0 Å². The molecule has 1 heterocycles. The monoisotopic (exact) mass is 482 g/mol. The molecule has 3 rings (SSSR count). The summed E-state index contributed by atoms with van der Waals surface area (Å²) in [5.74, 6) is -0.915. The van der Waals surface area contributed by atoms with Crippen molar-refractivity contribution in [2.24, 2.45) is 0 Å². The zero-order valence-electron chi connectivity index (χ0n) is 20.4. The van der Waals surface area contributed by atoms with E-state index in [0.29, 0.717) is 30.6 Å². The Bertz CT molecular complexity index is 1030. The van der Waals surface area contributed by atoms with Gasteiger partial charge < -0.3 is 20.7 Å². The highest BCUT2D eigenvalue weighted by atomic mass is 16.2. The molecule has 1 aromatic rings. The van der Waals surface area contributed by atoms with Gasteiger partial charge in [-0.3, -0.25) is 24.1 Å². The van der Waals surface area contributed by atoms with Gasteiger partial charge in [0.15, 0.2) is 0 Å². The second kappa shape index (κ2) is 12.3. The largest absolute Gasteiger partial charge is 0.357 e. The quantitative estimate of drug-likeness (QED) is 0.312. The van der Waals surface area contributed by atoms with Crippen molar-refractivity contribution in [1.29, 1.82) is 0 Å². The lowest BCUT2D eigenvalue weighted by atomic mass is 9.87. The van der Waals surface area contributed by atoms with Crippen LogP contribution in [0.25, 0.3) is 5.70 Å². The molecule has 1 unspecified atom stereocenters. The predicted octanol–water partition coefficient (Wildman–Crippen LogP) is 2.77. The maximum Gasteiger partial charge on any atom is 0.261 e. The molecule has 1 aliphatic carbocycles. The van der Waals surface area contributed by atoms with E-state index >= 15 is 0 Å². The lowest BCUT2D eigenvalue weighted by Gasteiger charge is -2.31. The Morgan fingerprint density at radius 3 is 2.54 bits per heavy atom. The molecule has 35 heavy (non-hydrogen) atoms. The Hall–Kier alpha value is -3.49. The maximum absolute atomic E-state index is 13.7. The third-order valence-electron chi connectivity index (χ3n) is 6.43. The fraction of sp³-hybridized carbons (Fsp3) is 0.500. The van der Waals surface area contributed by atoms with Crippen molar-refractivity contribution in [3.05, 3.63) is 34.9 Å². The van der Waals surface area contributed by atoms with Crippen LogP contribution in [0, 0.1) is 0 Å². The van der Waals surface area contributed by atoms with E-state index in [4.69, 9.17) is 0 Å². The van der Waals surface area contributed by atoms with Gasteiger partial charge in [0.2, 0.25) is 17.7 Å². The highest BCUT2D eigenvalue weighted by Gasteiger charge is 2.43. The van der Waals surface area contributed by atoms with E-state index in [2.05, 4.69) is 16.0 Å². The zero-order valence-corrected chi connectivity index (χ0v) is 20.4. The summed E-state index contributed by atoms with van der Waals surface area (Å²) in [7, 11) is 1.52. The van der Waals surface area contributed by atoms with Gasteiger partial charge in [0.1, 0.15) is 12.3 Å². The fourth-order valence-electron chi connectivity index (χ4n) is 4.52. The van der Waals surface area contributed by atoms with Crippen LogP contribution < -0.4 is 16.0 Å². The van der Waals surface area contributed by atoms with E-state index in [1.807, 2.05) is 6.07 Å². The number of fused-ring (bicyclic) bond motifs is 1. The molecule has 1 aliphatic heterocycles. The number of anilines is 1. The van der Waals surface area contributed by atoms with E-state index in [-0.39, 0.29) is 36.5 Å². The Balaban J connectivity index is 1.80. The first-order chi connectivity index (χ1) is 16.9. The van der Waals surface area contributed by atoms with Gasteiger partial charge in [-0.25, -0.2) is 0 Å². The van der Waals surface area contributed by atoms with Crippen molar-refractivity contribution in [2.75, 3.05) is 18.9 Å². The number of rotatable bonds is 12. The first-order valence-electron chi connectivity index (χ1n) is 12.3. The number of carbonyl (C=O) groups is 5. The number of hydrogen-bond donors (Lipinski definition) is 3. The number of amides is 4. The van der Waals surface area contributed by atoms with E-state index in [0.717, 1.165) is 55.2 Å². The van der Waals surface area contributed by atoms with Gasteiger partial charge in [0.25, 0.3) is 5.91 Å². The van der Waals surface area contributed by atoms with Gasteiger partial charge in [-0.1, -0.05) is 18.6 Å². The number of carbonyl (C=O) groups excluding carboxylic acids is 5. The van der Waals surface area contributed by atoms with Crippen molar-refractivity contribution in [2.45, 2.75) is 70.8 Å². The van der Waals surface area contributed by atoms with Gasteiger partial charge in [-0.15, -0.1) is 0 Å². The van der Waals surface area contributed by atoms with Crippen molar-refractivity contribution in [3.8, 4) is 0 Å². The van der Waals surface area contributed by atoms with Crippen molar-refractivity contribution >= 4 is 41.3 Å². The Morgan fingerprint density at radius 2 is 1.91 bits per heavy atom. The second-order valence-electron chi connectivity index (χ2n) is 8.92. The normalized spacial score (nSPS) is 15.3. The van der Waals surface area contributed by atoms with Crippen LogP contribution >= 0.6 is 0 Å². The molecule has 0 spiro atoms. The number of nitrogens with zero attached hydrogens (tertiary/aromatic N) is 1. The highest BCUT2D eigenvalue weighted by Crippen LogP contribution is 2.45. The molecule has 188 valence electrons. The zero-order chi connectivity index (χ0) is 25.4. The number of allylic oxidation sites excluding steroid dienone is 1. The molecule has 0 radical (unpaired) electrons. The number of unbranched alkanes of at least 4 members (excludes halogenated alkanes) is 2. The van der Waals surface area contributed by atoms with Gasteiger partial charge in [-0.05, 0) is 50.2 Å². The smallest absolute Gasteiger partial charge is 0.261 e. The topological polar surface area (TPSA) is 125 Å². The molecule has 4 amide bonds. The molecule has 1 fully saturated rings. The van der Waals surface area contributed by atoms with Crippen LogP contribution in [0.4, 0.5) is 5.69 Å². The number of nitrogens with one attached hydrogen (secondary N) is 3. The van der Waals surface area contributed by atoms with Gasteiger partial charge in [0.05, 0.1) is 16.9 Å². The molecular weight excluding hydrogens is 448 g/mol. The third-order valence-corrected chi connectivity index (χ3v) is 6.43. The summed E-state index contributed by atoms with van der Waals surface area (Å²) >= 11 is 0. The summed E-state index contributed by atoms with van der Waals surface area (Å²) < 4.78 is 0. The summed E-state index contributed by atoms with van der Waals surface area (Å²) in [6.07, 6.45) is 6.41. The maximum atomic E-state index is 13.7. The van der Waals surface area contributed by atoms with Crippen LogP contribution in [0.1, 0.15) is 80.6 Å². The summed E-state index contributed by atoms with van der Waals surface area (Å²) in [6.45, 7) is 2.06. The standard InChI is InChI=1S/C26H34N4O5/c1-17(32)28-15-5-3-4-14-22(33)29-20-12-7-11-19-23(20)26(35)30(24(19)18-9-6-10-18)21(13-8-16-31)25(34)27-2/h7,11-12,16,21H,3-6,8-10,13-15H2,1-2H3,(H,27,34)(H,28,32)(H,29,33). The van der Waals surface area contributed by atoms with Crippen LogP contribution in [0.5, 0.6) is 0 Å². The third kappa shape index (κ3) is 6.15. The van der Waals surface area contributed by atoms with Gasteiger partial charge >= 0.3 is 0 Å². The minimum Gasteiger partial charge on any atom is -0.357 e. The fourth-order valence-corrected chi connectivity index (χ4v) is 4.52. The predicted molar refractivity (Wildman–Crippen MR) is 132 cm³/mol. The second-order valence-corrected chi connectivity index (χ2v) is 8.92. The van der Waals surface area contributed by atoms with Crippen molar-refractivity contribution < 1.29 is 24.0 Å². The molecule has 1 saturated carbocycles. The molecular formula is C26H34N4O5. The molecule has 0 aromatic heterocycles. The highest BCUT2D eigenvalue weighted by molar-refractivity contribution is 6.16. The van der Waals surface area contributed by atoms with Crippen LogP contribution in [0.3, 0.4) is 0 Å². The summed E-state index contributed by atoms with van der Waals surface area (Å²) in [4.78, 5) is 62.6. The minimum atomic E-state index is -0.805. The van der Waals surface area contributed by atoms with E-state index in [9.17, 15) is 24.0 Å². The Labute approximate surface area is 205 Å². The number of hydrogen-bond acceptors (Lipinski definition) is 5. The molecule has 0 bridgehead atoms. The molecule has 2 aliphatic rings. The lowest BCUT2D eigenvalue weighted by molar-refractivity contribution is -0.124. The average Bonchev–Trinajstić information content (AvgIpc) is 3.08. The molecule has 3 N–H and O–H groups in total. The Kier molecular flexibility index (Phi) is 9.17.